The number of carbonyl (C=O) groups excluding carboxylic acids is 2. The molecule has 0 radical (unpaired) electrons. The lowest BCUT2D eigenvalue weighted by Crippen LogP contribution is -2.44. The second-order valence-electron chi connectivity index (χ2n) is 5.52. The summed E-state index contributed by atoms with van der Waals surface area (Å²) in [6.45, 7) is 2.06. The zero-order chi connectivity index (χ0) is 17.0. The summed E-state index contributed by atoms with van der Waals surface area (Å²) >= 11 is 0. The van der Waals surface area contributed by atoms with E-state index in [1.165, 1.54) is 19.1 Å². The Hall–Kier alpha value is -2.12. The van der Waals surface area contributed by atoms with Gasteiger partial charge in [0.25, 0.3) is 0 Å². The maximum atomic E-state index is 12.6. The molecule has 1 saturated heterocycles. The van der Waals surface area contributed by atoms with Gasteiger partial charge in [-0.25, -0.2) is 4.98 Å². The highest BCUT2D eigenvalue weighted by molar-refractivity contribution is 5.90. The van der Waals surface area contributed by atoms with E-state index in [9.17, 15) is 22.8 Å². The number of piperidine rings is 1. The Labute approximate surface area is 131 Å². The summed E-state index contributed by atoms with van der Waals surface area (Å²) in [5, 5.41) is 2.37. The van der Waals surface area contributed by atoms with Crippen LogP contribution in [0.5, 0.6) is 0 Å². The highest BCUT2D eigenvalue weighted by atomic mass is 19.4. The number of aromatic nitrogens is 1. The van der Waals surface area contributed by atoms with E-state index in [2.05, 4.69) is 10.3 Å². The standard InChI is InChI=1S/C15H18F3N3O2/c1-10(22)21-8-3-2-5-11(21)9-14(23)20-13-7-4-6-12(19-13)15(16,17)18/h4,6-7,11H,2-3,5,8-9H2,1H3,(H,19,20,23)/t11-/m1/s1. The van der Waals surface area contributed by atoms with Crippen LogP contribution in [-0.4, -0.2) is 34.3 Å². The summed E-state index contributed by atoms with van der Waals surface area (Å²) < 4.78 is 37.8. The summed E-state index contributed by atoms with van der Waals surface area (Å²) in [6.07, 6.45) is -1.98. The van der Waals surface area contributed by atoms with Crippen molar-refractivity contribution in [3.8, 4) is 0 Å². The van der Waals surface area contributed by atoms with Crippen LogP contribution >= 0.6 is 0 Å². The molecule has 2 heterocycles. The molecule has 1 aliphatic rings. The van der Waals surface area contributed by atoms with E-state index in [0.29, 0.717) is 13.0 Å². The van der Waals surface area contributed by atoms with Gasteiger partial charge in [-0.1, -0.05) is 6.07 Å². The van der Waals surface area contributed by atoms with Crippen LogP contribution in [0.25, 0.3) is 0 Å². The molecular weight excluding hydrogens is 311 g/mol. The van der Waals surface area contributed by atoms with Gasteiger partial charge in [0.2, 0.25) is 11.8 Å². The number of carbonyl (C=O) groups is 2. The number of nitrogens with one attached hydrogen (secondary N) is 1. The van der Waals surface area contributed by atoms with Crippen molar-refractivity contribution >= 4 is 17.6 Å². The van der Waals surface area contributed by atoms with Crippen LogP contribution in [0.3, 0.4) is 0 Å². The number of hydrogen-bond donors (Lipinski definition) is 1. The quantitative estimate of drug-likeness (QED) is 0.927. The Bertz CT molecular complexity index is 590. The zero-order valence-electron chi connectivity index (χ0n) is 12.7. The van der Waals surface area contributed by atoms with Gasteiger partial charge in [-0.15, -0.1) is 0 Å². The number of anilines is 1. The smallest absolute Gasteiger partial charge is 0.339 e. The molecule has 23 heavy (non-hydrogen) atoms. The molecule has 1 fully saturated rings. The van der Waals surface area contributed by atoms with Gasteiger partial charge in [-0.3, -0.25) is 9.59 Å². The minimum Gasteiger partial charge on any atom is -0.339 e. The van der Waals surface area contributed by atoms with Crippen molar-refractivity contribution < 1.29 is 22.8 Å². The molecule has 126 valence electrons. The first-order valence-corrected chi connectivity index (χ1v) is 7.38. The molecule has 0 bridgehead atoms. The van der Waals surface area contributed by atoms with Gasteiger partial charge in [-0.2, -0.15) is 13.2 Å². The number of pyridine rings is 1. The van der Waals surface area contributed by atoms with Crippen LogP contribution in [-0.2, 0) is 15.8 Å². The number of hydrogen-bond acceptors (Lipinski definition) is 3. The van der Waals surface area contributed by atoms with Gasteiger partial charge >= 0.3 is 6.18 Å². The van der Waals surface area contributed by atoms with Crippen molar-refractivity contribution in [3.63, 3.8) is 0 Å². The Morgan fingerprint density at radius 1 is 1.35 bits per heavy atom. The lowest BCUT2D eigenvalue weighted by molar-refractivity contribution is -0.141. The third-order valence-corrected chi connectivity index (χ3v) is 3.76. The third kappa shape index (κ3) is 4.67. The average Bonchev–Trinajstić information content (AvgIpc) is 2.46. The highest BCUT2D eigenvalue weighted by Crippen LogP contribution is 2.28. The Kier molecular flexibility index (Phi) is 5.23. The number of nitrogens with zero attached hydrogens (tertiary/aromatic N) is 2. The van der Waals surface area contributed by atoms with Crippen molar-refractivity contribution in [3.05, 3.63) is 23.9 Å². The van der Waals surface area contributed by atoms with Gasteiger partial charge in [0.15, 0.2) is 0 Å². The van der Waals surface area contributed by atoms with Gasteiger partial charge in [0.05, 0.1) is 0 Å². The fourth-order valence-electron chi connectivity index (χ4n) is 2.70. The average molecular weight is 329 g/mol. The van der Waals surface area contributed by atoms with Crippen LogP contribution < -0.4 is 5.32 Å². The van der Waals surface area contributed by atoms with Crippen LogP contribution in [0, 0.1) is 0 Å². The molecule has 0 aromatic carbocycles. The third-order valence-electron chi connectivity index (χ3n) is 3.76. The normalized spacial score (nSPS) is 18.6. The lowest BCUT2D eigenvalue weighted by atomic mass is 9.99. The lowest BCUT2D eigenvalue weighted by Gasteiger charge is -2.34. The van der Waals surface area contributed by atoms with E-state index >= 15 is 0 Å². The molecule has 1 N–H and O–H groups in total. The second-order valence-corrected chi connectivity index (χ2v) is 5.52. The SMILES string of the molecule is CC(=O)N1CCCC[C@@H]1CC(=O)Nc1cccc(C(F)(F)F)n1. The van der Waals surface area contributed by atoms with Crippen molar-refractivity contribution in [1.29, 1.82) is 0 Å². The summed E-state index contributed by atoms with van der Waals surface area (Å²) in [4.78, 5) is 28.6. The molecule has 0 saturated carbocycles. The summed E-state index contributed by atoms with van der Waals surface area (Å²) in [5.74, 6) is -0.690. The van der Waals surface area contributed by atoms with Crippen LogP contribution in [0.2, 0.25) is 0 Å². The predicted molar refractivity (Wildman–Crippen MR) is 77.5 cm³/mol. The molecule has 0 spiro atoms. The highest BCUT2D eigenvalue weighted by Gasteiger charge is 2.32. The van der Waals surface area contributed by atoms with Gasteiger partial charge in [0.1, 0.15) is 11.5 Å². The summed E-state index contributed by atoms with van der Waals surface area (Å²) in [7, 11) is 0. The Balaban J connectivity index is 2.00. The first-order valence-electron chi connectivity index (χ1n) is 7.38. The largest absolute Gasteiger partial charge is 0.433 e. The molecule has 0 unspecified atom stereocenters. The number of likely N-dealkylation sites (tertiary alicyclic amines) is 1. The first kappa shape index (κ1) is 17.2. The maximum absolute atomic E-state index is 12.6. The van der Waals surface area contributed by atoms with Gasteiger partial charge < -0.3 is 10.2 Å². The predicted octanol–water partition coefficient (Wildman–Crippen LogP) is 2.83. The van der Waals surface area contributed by atoms with E-state index in [1.54, 1.807) is 4.90 Å². The first-order chi connectivity index (χ1) is 10.8. The van der Waals surface area contributed by atoms with Crippen LogP contribution in [0.15, 0.2) is 18.2 Å². The number of halogens is 3. The minimum absolute atomic E-state index is 0.0531. The number of amides is 2. The van der Waals surface area contributed by atoms with E-state index in [0.717, 1.165) is 18.9 Å². The molecule has 0 aliphatic carbocycles. The van der Waals surface area contributed by atoms with E-state index in [1.807, 2.05) is 0 Å². The number of alkyl halides is 3. The minimum atomic E-state index is -4.56. The molecular formula is C15H18F3N3O2. The second kappa shape index (κ2) is 6.97. The summed E-state index contributed by atoms with van der Waals surface area (Å²) in [5.41, 5.74) is -1.06. The molecule has 8 heteroatoms. The molecule has 1 aliphatic heterocycles. The molecule has 5 nitrogen and oxygen atoms in total. The fraction of sp³-hybridized carbons (Fsp3) is 0.533. The summed E-state index contributed by atoms with van der Waals surface area (Å²) in [6, 6.07) is 3.12. The molecule has 1 atom stereocenters. The van der Waals surface area contributed by atoms with Crippen LogP contribution in [0.4, 0.5) is 19.0 Å². The molecule has 1 aromatic heterocycles. The van der Waals surface area contributed by atoms with Crippen LogP contribution in [0.1, 0.15) is 38.3 Å². The topological polar surface area (TPSA) is 62.3 Å². The van der Waals surface area contributed by atoms with E-state index in [-0.39, 0.29) is 24.2 Å². The molecule has 2 rings (SSSR count). The van der Waals surface area contributed by atoms with E-state index in [4.69, 9.17) is 0 Å². The van der Waals surface area contributed by atoms with E-state index < -0.39 is 17.8 Å². The van der Waals surface area contributed by atoms with Crippen molar-refractivity contribution in [2.24, 2.45) is 0 Å². The monoisotopic (exact) mass is 329 g/mol. The zero-order valence-corrected chi connectivity index (χ0v) is 12.7. The van der Waals surface area contributed by atoms with Gasteiger partial charge in [-0.05, 0) is 31.4 Å². The number of rotatable bonds is 3. The fourth-order valence-corrected chi connectivity index (χ4v) is 2.70. The van der Waals surface area contributed by atoms with Crippen molar-refractivity contribution in [2.75, 3.05) is 11.9 Å². The van der Waals surface area contributed by atoms with Crippen molar-refractivity contribution in [2.45, 2.75) is 44.8 Å². The molecule has 2 amide bonds. The molecule has 1 aromatic rings. The Morgan fingerprint density at radius 3 is 2.74 bits per heavy atom. The van der Waals surface area contributed by atoms with Crippen molar-refractivity contribution in [1.82, 2.24) is 9.88 Å². The maximum Gasteiger partial charge on any atom is 0.433 e. The Morgan fingerprint density at radius 2 is 2.09 bits per heavy atom. The van der Waals surface area contributed by atoms with Gasteiger partial charge in [0, 0.05) is 25.9 Å².